The molecule has 0 saturated heterocycles. The van der Waals surface area contributed by atoms with Crippen LogP contribution in [0.5, 0.6) is 0 Å². The van der Waals surface area contributed by atoms with E-state index in [0.29, 0.717) is 29.5 Å². The number of benzene rings is 2. The van der Waals surface area contributed by atoms with Gasteiger partial charge in [0, 0.05) is 11.6 Å². The Kier molecular flexibility index (Phi) is 5.80. The molecular weight excluding hydrogens is 376 g/mol. The van der Waals surface area contributed by atoms with Gasteiger partial charge in [-0.3, -0.25) is 0 Å². The summed E-state index contributed by atoms with van der Waals surface area (Å²) in [5.41, 5.74) is 1.88. The molecule has 4 heteroatoms. The van der Waals surface area contributed by atoms with Gasteiger partial charge >= 0.3 is 0 Å². The van der Waals surface area contributed by atoms with Gasteiger partial charge in [0.15, 0.2) is 0 Å². The number of fused-ring (bicyclic) bond motifs is 1. The number of hydrogen-bond donors (Lipinski definition) is 0. The molecule has 4 rings (SSSR count). The maximum Gasteiger partial charge on any atom is 0.133 e. The highest BCUT2D eigenvalue weighted by Crippen LogP contribution is 2.40. The number of halogens is 4. The Hall–Kier alpha value is -2.10. The molecular formula is C25H26F4. The molecule has 2 aromatic carbocycles. The van der Waals surface area contributed by atoms with Crippen LogP contribution in [0.4, 0.5) is 17.6 Å². The fourth-order valence-corrected chi connectivity index (χ4v) is 5.06. The van der Waals surface area contributed by atoms with Crippen molar-refractivity contribution in [3.05, 3.63) is 69.8 Å². The van der Waals surface area contributed by atoms with E-state index < -0.39 is 23.3 Å². The van der Waals surface area contributed by atoms with E-state index in [9.17, 15) is 17.6 Å². The minimum absolute atomic E-state index is 0.0660. The Morgan fingerprint density at radius 2 is 1.52 bits per heavy atom. The van der Waals surface area contributed by atoms with E-state index >= 15 is 0 Å². The summed E-state index contributed by atoms with van der Waals surface area (Å²) in [5.74, 6) is -1.52. The second-order valence-corrected chi connectivity index (χ2v) is 8.49. The smallest absolute Gasteiger partial charge is 0.133 e. The third kappa shape index (κ3) is 4.12. The summed E-state index contributed by atoms with van der Waals surface area (Å²) in [5, 5.41) is 0. The molecule has 0 unspecified atom stereocenters. The topological polar surface area (TPSA) is 0 Å². The summed E-state index contributed by atoms with van der Waals surface area (Å²) in [6.45, 7) is 2.19. The Morgan fingerprint density at radius 1 is 0.828 bits per heavy atom. The molecule has 0 atom stereocenters. The lowest BCUT2D eigenvalue weighted by atomic mass is 9.77. The van der Waals surface area contributed by atoms with Crippen molar-refractivity contribution in [2.24, 2.45) is 5.92 Å². The summed E-state index contributed by atoms with van der Waals surface area (Å²) < 4.78 is 57.4. The van der Waals surface area contributed by atoms with E-state index in [1.165, 1.54) is 37.1 Å². The zero-order chi connectivity index (χ0) is 20.5. The molecule has 0 aliphatic heterocycles. The van der Waals surface area contributed by atoms with Crippen LogP contribution in [0.15, 0.2) is 24.3 Å². The van der Waals surface area contributed by atoms with Crippen molar-refractivity contribution >= 4 is 11.6 Å². The minimum Gasteiger partial charge on any atom is -0.207 e. The average molecular weight is 402 g/mol. The van der Waals surface area contributed by atoms with Crippen molar-refractivity contribution in [2.45, 2.75) is 64.2 Å². The quantitative estimate of drug-likeness (QED) is 0.458. The maximum atomic E-state index is 15.0. The van der Waals surface area contributed by atoms with E-state index in [4.69, 9.17) is 0 Å². The second-order valence-electron chi connectivity index (χ2n) is 8.49. The van der Waals surface area contributed by atoms with E-state index in [-0.39, 0.29) is 11.5 Å². The van der Waals surface area contributed by atoms with Gasteiger partial charge in [0.25, 0.3) is 0 Å². The summed E-state index contributed by atoms with van der Waals surface area (Å²) in [4.78, 5) is 0. The lowest BCUT2D eigenvalue weighted by Crippen LogP contribution is -2.14. The van der Waals surface area contributed by atoms with Crippen LogP contribution >= 0.6 is 0 Å². The highest BCUT2D eigenvalue weighted by Gasteiger charge is 2.26. The van der Waals surface area contributed by atoms with Crippen molar-refractivity contribution in [1.29, 1.82) is 0 Å². The van der Waals surface area contributed by atoms with Crippen LogP contribution in [0.1, 0.15) is 80.0 Å². The van der Waals surface area contributed by atoms with Gasteiger partial charge in [-0.25, -0.2) is 17.6 Å². The first-order chi connectivity index (χ1) is 14.0. The normalized spacial score (nSPS) is 21.6. The van der Waals surface area contributed by atoms with Crippen LogP contribution < -0.4 is 0 Å². The standard InChI is InChI=1S/C25H26F4/c1-2-3-15-4-6-16(7-5-15)18-12-23(28)25(24(29)13-18)17-8-9-21-19(10-17)11-20(26)14-22(21)27/h10-16H,2-9H2,1H3. The predicted molar refractivity (Wildman–Crippen MR) is 109 cm³/mol. The largest absolute Gasteiger partial charge is 0.207 e. The van der Waals surface area contributed by atoms with Gasteiger partial charge in [-0.1, -0.05) is 25.8 Å². The monoisotopic (exact) mass is 402 g/mol. The zero-order valence-corrected chi connectivity index (χ0v) is 16.7. The van der Waals surface area contributed by atoms with Crippen molar-refractivity contribution in [1.82, 2.24) is 0 Å². The molecule has 0 N–H and O–H groups in total. The third-order valence-electron chi connectivity index (χ3n) is 6.57. The molecule has 2 aliphatic carbocycles. The van der Waals surface area contributed by atoms with E-state index in [0.717, 1.165) is 43.2 Å². The van der Waals surface area contributed by atoms with Gasteiger partial charge in [-0.05, 0) is 90.8 Å². The highest BCUT2D eigenvalue weighted by molar-refractivity contribution is 5.85. The van der Waals surface area contributed by atoms with E-state index in [2.05, 4.69) is 6.92 Å². The molecule has 0 nitrogen and oxygen atoms in total. The fourth-order valence-electron chi connectivity index (χ4n) is 5.06. The van der Waals surface area contributed by atoms with Gasteiger partial charge in [-0.2, -0.15) is 0 Å². The molecule has 2 aromatic rings. The molecule has 154 valence electrons. The summed E-state index contributed by atoms with van der Waals surface area (Å²) in [6, 6.07) is 5.00. The average Bonchev–Trinajstić information content (AvgIpc) is 2.68. The summed E-state index contributed by atoms with van der Waals surface area (Å²) in [7, 11) is 0. The van der Waals surface area contributed by atoms with Gasteiger partial charge in [0.2, 0.25) is 0 Å². The summed E-state index contributed by atoms with van der Waals surface area (Å²) in [6.07, 6.45) is 8.72. The second kappa shape index (κ2) is 8.33. The number of allylic oxidation sites excluding steroid dienone is 1. The lowest BCUT2D eigenvalue weighted by molar-refractivity contribution is 0.307. The Balaban J connectivity index is 1.61. The molecule has 0 bridgehead atoms. The Bertz CT molecular complexity index is 913. The molecule has 0 spiro atoms. The van der Waals surface area contributed by atoms with Crippen LogP contribution in [0.2, 0.25) is 0 Å². The van der Waals surface area contributed by atoms with Crippen molar-refractivity contribution < 1.29 is 17.6 Å². The third-order valence-corrected chi connectivity index (χ3v) is 6.57. The van der Waals surface area contributed by atoms with Crippen molar-refractivity contribution in [2.75, 3.05) is 0 Å². The van der Waals surface area contributed by atoms with Crippen LogP contribution in [-0.2, 0) is 6.42 Å². The van der Waals surface area contributed by atoms with Crippen LogP contribution in [-0.4, -0.2) is 0 Å². The summed E-state index contributed by atoms with van der Waals surface area (Å²) >= 11 is 0. The van der Waals surface area contributed by atoms with Crippen LogP contribution in [0.25, 0.3) is 11.6 Å². The first kappa shape index (κ1) is 20.2. The maximum absolute atomic E-state index is 15.0. The molecule has 0 aromatic heterocycles. The Morgan fingerprint density at radius 3 is 2.17 bits per heavy atom. The number of hydrogen-bond acceptors (Lipinski definition) is 0. The zero-order valence-electron chi connectivity index (χ0n) is 16.7. The van der Waals surface area contributed by atoms with Crippen molar-refractivity contribution in [3.8, 4) is 0 Å². The minimum atomic E-state index is -0.686. The Labute approximate surface area is 169 Å². The van der Waals surface area contributed by atoms with E-state index in [1.54, 1.807) is 0 Å². The molecule has 29 heavy (non-hydrogen) atoms. The highest BCUT2D eigenvalue weighted by atomic mass is 19.1. The first-order valence-corrected chi connectivity index (χ1v) is 10.6. The molecule has 0 amide bonds. The van der Waals surface area contributed by atoms with E-state index in [1.807, 2.05) is 0 Å². The van der Waals surface area contributed by atoms with Gasteiger partial charge in [-0.15, -0.1) is 0 Å². The molecule has 0 radical (unpaired) electrons. The van der Waals surface area contributed by atoms with Gasteiger partial charge in [0.1, 0.15) is 23.3 Å². The lowest BCUT2D eigenvalue weighted by Gasteiger charge is -2.29. The predicted octanol–water partition coefficient (Wildman–Crippen LogP) is 7.80. The van der Waals surface area contributed by atoms with Crippen LogP contribution in [0.3, 0.4) is 0 Å². The molecule has 0 heterocycles. The molecule has 1 saturated carbocycles. The molecule has 1 fully saturated rings. The SMILES string of the molecule is CCCC1CCC(c2cc(F)c(C3=Cc4cc(F)cc(F)c4CC3)c(F)c2)CC1. The number of rotatable bonds is 4. The molecule has 2 aliphatic rings. The van der Waals surface area contributed by atoms with Gasteiger partial charge < -0.3 is 0 Å². The van der Waals surface area contributed by atoms with Crippen molar-refractivity contribution in [3.63, 3.8) is 0 Å². The van der Waals surface area contributed by atoms with Crippen LogP contribution in [0, 0.1) is 29.2 Å². The van der Waals surface area contributed by atoms with Gasteiger partial charge in [0.05, 0.1) is 0 Å². The first-order valence-electron chi connectivity index (χ1n) is 10.6. The fraction of sp³-hybridized carbons (Fsp3) is 0.440.